The highest BCUT2D eigenvalue weighted by molar-refractivity contribution is 5.73. The van der Waals surface area contributed by atoms with E-state index in [1.807, 2.05) is 0 Å². The third-order valence-electron chi connectivity index (χ3n) is 12.6. The molecule has 0 saturated heterocycles. The summed E-state index contributed by atoms with van der Waals surface area (Å²) >= 11 is 0. The molecule has 63 heavy (non-hydrogen) atoms. The van der Waals surface area contributed by atoms with E-state index in [0.29, 0.717) is 0 Å². The maximum atomic E-state index is 12.8. The molecule has 0 saturated carbocycles. The van der Waals surface area contributed by atoms with Gasteiger partial charge in [0, 0.05) is 69.6 Å². The summed E-state index contributed by atoms with van der Waals surface area (Å²) in [5.74, 6) is -13.7. The first kappa shape index (κ1) is 38.1. The summed E-state index contributed by atoms with van der Waals surface area (Å²) in [6.07, 6.45) is -6.53. The van der Waals surface area contributed by atoms with E-state index in [-0.39, 0.29) is 79.7 Å². The molecule has 13 N–H and O–H groups in total. The van der Waals surface area contributed by atoms with Crippen molar-refractivity contribution in [2.75, 3.05) is 0 Å². The van der Waals surface area contributed by atoms with Gasteiger partial charge in [0.05, 0.1) is 17.9 Å². The molecule has 6 aromatic rings. The van der Waals surface area contributed by atoms with Gasteiger partial charge < -0.3 is 90.1 Å². The number of aliphatic hydroxyl groups is 3. The van der Waals surface area contributed by atoms with Crippen molar-refractivity contribution in [3.8, 4) is 86.2 Å². The molecule has 0 spiro atoms. The third kappa shape index (κ3) is 5.04. The van der Waals surface area contributed by atoms with Gasteiger partial charge in [0.15, 0.2) is 34.5 Å². The second kappa shape index (κ2) is 12.6. The largest absolute Gasteiger partial charge is 0.508 e. The van der Waals surface area contributed by atoms with E-state index in [1.54, 1.807) is 0 Å². The van der Waals surface area contributed by atoms with Crippen LogP contribution in [0.25, 0.3) is 0 Å². The molecule has 5 heterocycles. The van der Waals surface area contributed by atoms with Gasteiger partial charge in [-0.15, -0.1) is 0 Å². The van der Waals surface area contributed by atoms with Gasteiger partial charge in [-0.1, -0.05) is 6.07 Å². The zero-order chi connectivity index (χ0) is 44.2. The maximum absolute atomic E-state index is 12.8. The monoisotopic (exact) mass is 862 g/mol. The Bertz CT molecular complexity index is 2990. The predicted octanol–water partition coefficient (Wildman–Crippen LogP) is 4.04. The summed E-state index contributed by atoms with van der Waals surface area (Å²) in [5.41, 5.74) is -0.196. The van der Waals surface area contributed by atoms with Crippen LogP contribution in [0, 0.1) is 0 Å². The Labute approximate surface area is 353 Å². The van der Waals surface area contributed by atoms with Gasteiger partial charge in [-0.25, -0.2) is 0 Å². The highest BCUT2D eigenvalue weighted by Gasteiger charge is 2.64. The minimum absolute atomic E-state index is 0.0277. The number of ether oxygens (including phenoxy) is 5. The van der Waals surface area contributed by atoms with Gasteiger partial charge in [-0.2, -0.15) is 0 Å². The lowest BCUT2D eigenvalue weighted by Gasteiger charge is -2.52. The van der Waals surface area contributed by atoms with E-state index >= 15 is 0 Å². The Hall–Kier alpha value is -7.80. The average molecular weight is 863 g/mol. The Morgan fingerprint density at radius 1 is 0.444 bits per heavy atom. The van der Waals surface area contributed by atoms with Crippen LogP contribution < -0.4 is 23.7 Å². The topological polar surface area (TPSA) is 309 Å². The van der Waals surface area contributed by atoms with Crippen LogP contribution in [-0.2, 0) is 18.0 Å². The highest BCUT2D eigenvalue weighted by Crippen LogP contribution is 2.67. The zero-order valence-corrected chi connectivity index (χ0v) is 32.0. The molecule has 5 aliphatic heterocycles. The lowest BCUT2D eigenvalue weighted by Crippen LogP contribution is -2.59. The van der Waals surface area contributed by atoms with Crippen molar-refractivity contribution in [2.24, 2.45) is 0 Å². The van der Waals surface area contributed by atoms with Gasteiger partial charge in [0.25, 0.3) is 0 Å². The van der Waals surface area contributed by atoms with E-state index in [4.69, 9.17) is 23.7 Å². The molecule has 6 aromatic carbocycles. The maximum Gasteiger partial charge on any atom is 0.305 e. The summed E-state index contributed by atoms with van der Waals surface area (Å²) in [6.45, 7) is 0. The van der Waals surface area contributed by atoms with Gasteiger partial charge >= 0.3 is 11.6 Å². The van der Waals surface area contributed by atoms with Gasteiger partial charge in [0.1, 0.15) is 70.1 Å². The molecule has 0 aromatic heterocycles. The Morgan fingerprint density at radius 3 is 1.48 bits per heavy atom. The normalized spacial score (nSPS) is 26.7. The van der Waals surface area contributed by atoms with Crippen LogP contribution in [0.1, 0.15) is 62.4 Å². The SMILES string of the molecule is Oc1cc(O)c2c(c1)O[C@@]1(c3ccc(O)c(O)c3)Oc3cc4c(c(O)c3[C@@H]2[C@H]1O)[C@H]1c2c(cc(O)c3c2O[C@H](c2ccc(O)c(O)c2)[C@H](O)C3)O[C@@](c2ccc(O)c(O)c2)(O4)[C@@H]1O. The first-order chi connectivity index (χ1) is 30.0. The lowest BCUT2D eigenvalue weighted by atomic mass is 9.70. The number of benzene rings is 6. The molecule has 322 valence electrons. The van der Waals surface area contributed by atoms with Crippen LogP contribution in [0.3, 0.4) is 0 Å². The summed E-state index contributed by atoms with van der Waals surface area (Å²) in [5, 5.41) is 145. The molecule has 0 unspecified atom stereocenters. The number of fused-ring (bicyclic) bond motifs is 14. The average Bonchev–Trinajstić information content (AvgIpc) is 3.22. The molecule has 18 heteroatoms. The van der Waals surface area contributed by atoms with Gasteiger partial charge in [0.2, 0.25) is 0 Å². The van der Waals surface area contributed by atoms with Crippen LogP contribution in [0.15, 0.2) is 78.9 Å². The van der Waals surface area contributed by atoms with E-state index in [0.717, 1.165) is 36.4 Å². The van der Waals surface area contributed by atoms with Crippen molar-refractivity contribution in [1.82, 2.24) is 0 Å². The first-order valence-electron chi connectivity index (χ1n) is 19.4. The van der Waals surface area contributed by atoms with Crippen molar-refractivity contribution in [2.45, 2.75) is 54.2 Å². The minimum Gasteiger partial charge on any atom is -0.508 e. The fourth-order valence-electron chi connectivity index (χ4n) is 9.69. The Balaban J connectivity index is 1.18. The molecular formula is C45H34O18. The van der Waals surface area contributed by atoms with E-state index in [2.05, 4.69) is 0 Å². The minimum atomic E-state index is -2.34. The molecule has 0 aliphatic carbocycles. The number of hydrogen-bond donors (Lipinski definition) is 13. The van der Waals surface area contributed by atoms with Crippen molar-refractivity contribution < 1.29 is 90.1 Å². The molecule has 11 rings (SSSR count). The van der Waals surface area contributed by atoms with E-state index in [9.17, 15) is 66.4 Å². The van der Waals surface area contributed by atoms with Gasteiger partial charge in [-0.05, 0) is 54.1 Å². The highest BCUT2D eigenvalue weighted by atomic mass is 16.7. The van der Waals surface area contributed by atoms with Crippen LogP contribution >= 0.6 is 0 Å². The molecule has 4 bridgehead atoms. The number of phenolic OH excluding ortho intramolecular Hbond substituents is 10. The number of aliphatic hydroxyl groups excluding tert-OH is 3. The third-order valence-corrected chi connectivity index (χ3v) is 12.6. The lowest BCUT2D eigenvalue weighted by molar-refractivity contribution is -0.223. The predicted molar refractivity (Wildman–Crippen MR) is 210 cm³/mol. The van der Waals surface area contributed by atoms with Crippen LogP contribution in [0.4, 0.5) is 0 Å². The summed E-state index contributed by atoms with van der Waals surface area (Å²) in [6, 6.07) is 15.4. The fourth-order valence-corrected chi connectivity index (χ4v) is 9.69. The van der Waals surface area contributed by atoms with E-state index in [1.165, 1.54) is 42.5 Å². The molecular weight excluding hydrogens is 828 g/mol. The zero-order valence-electron chi connectivity index (χ0n) is 32.0. The van der Waals surface area contributed by atoms with Crippen molar-refractivity contribution in [3.05, 3.63) is 123 Å². The molecule has 8 atom stereocenters. The smallest absolute Gasteiger partial charge is 0.305 e. The van der Waals surface area contributed by atoms with Crippen molar-refractivity contribution in [1.29, 1.82) is 0 Å². The second-order valence-corrected chi connectivity index (χ2v) is 16.1. The standard InChI is InChI=1S/C45H34O18/c46-18-10-27(54)33-29(11-18)60-44(16-2-5-21(48)25(52)8-16)42(57)37(33)34-31(62-44)14-32-35(39(34)56)38-36-30(61-45(63-32,43(38)58)17-3-6-22(49)26(53)9-17)13-23(50)19-12-28(55)40(59-41(19)36)15-1-4-20(47)24(51)7-15/h1-11,13-14,28,37-38,40,42-43,46-58H,12H2/t28-,37-,38+,40-,42-,43-,44+,45+/m1/s1. The van der Waals surface area contributed by atoms with Crippen LogP contribution in [-0.4, -0.2) is 84.7 Å². The van der Waals surface area contributed by atoms with Crippen LogP contribution in [0.5, 0.6) is 86.2 Å². The second-order valence-electron chi connectivity index (χ2n) is 16.1. The molecule has 5 aliphatic rings. The summed E-state index contributed by atoms with van der Waals surface area (Å²) in [4.78, 5) is 0. The Morgan fingerprint density at radius 2 is 0.937 bits per heavy atom. The van der Waals surface area contributed by atoms with Crippen LogP contribution in [0.2, 0.25) is 0 Å². The fraction of sp³-hybridized carbons (Fsp3) is 0.200. The number of rotatable bonds is 3. The van der Waals surface area contributed by atoms with Crippen molar-refractivity contribution in [3.63, 3.8) is 0 Å². The molecule has 0 radical (unpaired) electrons. The number of phenols is 10. The molecule has 0 fully saturated rings. The van der Waals surface area contributed by atoms with Crippen molar-refractivity contribution >= 4 is 0 Å². The van der Waals surface area contributed by atoms with Gasteiger partial charge in [-0.3, -0.25) is 0 Å². The van der Waals surface area contributed by atoms with E-state index < -0.39 is 105 Å². The summed E-state index contributed by atoms with van der Waals surface area (Å²) in [7, 11) is 0. The molecule has 0 amide bonds. The summed E-state index contributed by atoms with van der Waals surface area (Å²) < 4.78 is 32.3. The first-order valence-corrected chi connectivity index (χ1v) is 19.4. The number of hydrogen-bond acceptors (Lipinski definition) is 18. The molecule has 18 nitrogen and oxygen atoms in total. The Kier molecular flexibility index (Phi) is 7.65. The quantitative estimate of drug-likeness (QED) is 0.112. The number of aromatic hydroxyl groups is 10.